The van der Waals surface area contributed by atoms with Crippen LogP contribution in [0.5, 0.6) is 0 Å². The summed E-state index contributed by atoms with van der Waals surface area (Å²) in [5.74, 6) is 0.926. The quantitative estimate of drug-likeness (QED) is 0.652. The van der Waals surface area contributed by atoms with E-state index in [-0.39, 0.29) is 6.04 Å². The molecule has 0 bridgehead atoms. The van der Waals surface area contributed by atoms with Crippen LogP contribution in [0.2, 0.25) is 0 Å². The third-order valence-electron chi connectivity index (χ3n) is 2.87. The van der Waals surface area contributed by atoms with E-state index in [9.17, 15) is 4.39 Å². The van der Waals surface area contributed by atoms with Crippen LogP contribution in [-0.2, 0) is 0 Å². The van der Waals surface area contributed by atoms with Crippen molar-refractivity contribution < 1.29 is 4.39 Å². The van der Waals surface area contributed by atoms with Crippen LogP contribution in [0.4, 0.5) is 4.39 Å². The van der Waals surface area contributed by atoms with Crippen LogP contribution in [-0.4, -0.2) is 15.7 Å². The molecule has 2 atom stereocenters. The number of alkyl halides is 1. The van der Waals surface area contributed by atoms with Gasteiger partial charge in [0, 0.05) is 12.4 Å². The number of aryl methyl sites for hydroxylation is 1. The van der Waals surface area contributed by atoms with Gasteiger partial charge in [-0.3, -0.25) is 0 Å². The second kappa shape index (κ2) is 3.48. The molecule has 0 saturated heterocycles. The van der Waals surface area contributed by atoms with Crippen LogP contribution in [0.3, 0.4) is 0 Å². The van der Waals surface area contributed by atoms with Crippen LogP contribution in [0.25, 0.3) is 0 Å². The molecule has 1 saturated carbocycles. The van der Waals surface area contributed by atoms with Gasteiger partial charge in [-0.2, -0.15) is 0 Å². The van der Waals surface area contributed by atoms with E-state index in [1.807, 2.05) is 17.7 Å². The van der Waals surface area contributed by atoms with Crippen molar-refractivity contribution in [3.05, 3.63) is 18.2 Å². The van der Waals surface area contributed by atoms with Gasteiger partial charge >= 0.3 is 0 Å². The number of imidazole rings is 1. The van der Waals surface area contributed by atoms with Crippen molar-refractivity contribution in [2.75, 3.05) is 0 Å². The lowest BCUT2D eigenvalue weighted by Crippen LogP contribution is -2.24. The highest BCUT2D eigenvalue weighted by Gasteiger charge is 2.26. The van der Waals surface area contributed by atoms with Gasteiger partial charge < -0.3 is 4.57 Å². The summed E-state index contributed by atoms with van der Waals surface area (Å²) < 4.78 is 15.5. The fourth-order valence-electron chi connectivity index (χ4n) is 2.12. The molecule has 13 heavy (non-hydrogen) atoms. The van der Waals surface area contributed by atoms with Crippen molar-refractivity contribution in [3.63, 3.8) is 0 Å². The average Bonchev–Trinajstić information content (AvgIpc) is 2.52. The number of hydrogen-bond acceptors (Lipinski definition) is 1. The summed E-state index contributed by atoms with van der Waals surface area (Å²) in [4.78, 5) is 4.12. The summed E-state index contributed by atoms with van der Waals surface area (Å²) >= 11 is 0. The van der Waals surface area contributed by atoms with Gasteiger partial charge in [-0.15, -0.1) is 0 Å². The maximum Gasteiger partial charge on any atom is 0.121 e. The normalized spacial score (nSPS) is 29.1. The average molecular weight is 182 g/mol. The predicted octanol–water partition coefficient (Wildman–Crippen LogP) is 2.64. The minimum atomic E-state index is -0.679. The molecule has 72 valence electrons. The number of hydrogen-bond donors (Lipinski definition) is 0. The Kier molecular flexibility index (Phi) is 2.34. The van der Waals surface area contributed by atoms with Crippen LogP contribution in [0, 0.1) is 6.92 Å². The van der Waals surface area contributed by atoms with E-state index in [0.717, 1.165) is 25.1 Å². The Morgan fingerprint density at radius 3 is 2.85 bits per heavy atom. The van der Waals surface area contributed by atoms with E-state index in [4.69, 9.17) is 0 Å². The topological polar surface area (TPSA) is 17.8 Å². The number of aromatic nitrogens is 2. The van der Waals surface area contributed by atoms with Gasteiger partial charge in [0.1, 0.15) is 12.0 Å². The zero-order valence-electron chi connectivity index (χ0n) is 7.91. The zero-order chi connectivity index (χ0) is 9.26. The molecule has 0 aliphatic heterocycles. The Morgan fingerprint density at radius 2 is 2.23 bits per heavy atom. The first kappa shape index (κ1) is 8.73. The van der Waals surface area contributed by atoms with E-state index < -0.39 is 6.17 Å². The molecule has 1 fully saturated rings. The SMILES string of the molecule is Cc1nccn1[C@@H]1CCCC[C@H]1F. The molecule has 0 spiro atoms. The molecule has 1 heterocycles. The third kappa shape index (κ3) is 1.60. The Balaban J connectivity index is 2.19. The summed E-state index contributed by atoms with van der Waals surface area (Å²) in [5.41, 5.74) is 0. The third-order valence-corrected chi connectivity index (χ3v) is 2.87. The highest BCUT2D eigenvalue weighted by Crippen LogP contribution is 2.31. The molecule has 2 nitrogen and oxygen atoms in total. The molecule has 2 rings (SSSR count). The first-order valence-corrected chi connectivity index (χ1v) is 4.92. The first-order valence-electron chi connectivity index (χ1n) is 4.92. The highest BCUT2D eigenvalue weighted by molar-refractivity contribution is 4.95. The van der Waals surface area contributed by atoms with E-state index >= 15 is 0 Å². The molecule has 1 aliphatic carbocycles. The van der Waals surface area contributed by atoms with Gasteiger partial charge in [-0.1, -0.05) is 12.8 Å². The second-order valence-corrected chi connectivity index (χ2v) is 3.75. The van der Waals surface area contributed by atoms with Crippen molar-refractivity contribution in [1.82, 2.24) is 9.55 Å². The maximum absolute atomic E-state index is 13.5. The molecule has 0 amide bonds. The smallest absolute Gasteiger partial charge is 0.121 e. The summed E-state index contributed by atoms with van der Waals surface area (Å²) in [6.45, 7) is 1.93. The minimum absolute atomic E-state index is 0.0382. The van der Waals surface area contributed by atoms with Crippen LogP contribution in [0.15, 0.2) is 12.4 Å². The molecular formula is C10H15FN2. The van der Waals surface area contributed by atoms with Crippen molar-refractivity contribution >= 4 is 0 Å². The molecule has 1 aromatic rings. The molecule has 3 heteroatoms. The predicted molar refractivity (Wildman–Crippen MR) is 49.4 cm³/mol. The largest absolute Gasteiger partial charge is 0.329 e. The fourth-order valence-corrected chi connectivity index (χ4v) is 2.12. The Bertz CT molecular complexity index is 282. The van der Waals surface area contributed by atoms with Crippen molar-refractivity contribution in [2.24, 2.45) is 0 Å². The van der Waals surface area contributed by atoms with Crippen molar-refractivity contribution in [3.8, 4) is 0 Å². The molecule has 1 aliphatic rings. The highest BCUT2D eigenvalue weighted by atomic mass is 19.1. The lowest BCUT2D eigenvalue weighted by atomic mass is 9.93. The van der Waals surface area contributed by atoms with Crippen molar-refractivity contribution in [2.45, 2.75) is 44.8 Å². The van der Waals surface area contributed by atoms with Crippen molar-refractivity contribution in [1.29, 1.82) is 0 Å². The van der Waals surface area contributed by atoms with Gasteiger partial charge in [0.05, 0.1) is 6.04 Å². The molecule has 0 unspecified atom stereocenters. The molecule has 0 radical (unpaired) electrons. The Labute approximate surface area is 77.8 Å². The van der Waals surface area contributed by atoms with Crippen LogP contribution < -0.4 is 0 Å². The van der Waals surface area contributed by atoms with Crippen LogP contribution in [0.1, 0.15) is 37.5 Å². The van der Waals surface area contributed by atoms with E-state index in [0.29, 0.717) is 6.42 Å². The van der Waals surface area contributed by atoms with Gasteiger partial charge in [-0.25, -0.2) is 9.37 Å². The number of rotatable bonds is 1. The number of nitrogens with zero attached hydrogens (tertiary/aromatic N) is 2. The van der Waals surface area contributed by atoms with E-state index in [1.165, 1.54) is 0 Å². The van der Waals surface area contributed by atoms with Gasteiger partial charge in [-0.05, 0) is 19.8 Å². The lowest BCUT2D eigenvalue weighted by Gasteiger charge is -2.27. The molecular weight excluding hydrogens is 167 g/mol. The lowest BCUT2D eigenvalue weighted by molar-refractivity contribution is 0.168. The summed E-state index contributed by atoms with van der Waals surface area (Å²) in [5, 5.41) is 0. The Hall–Kier alpha value is -0.860. The van der Waals surface area contributed by atoms with Gasteiger partial charge in [0.25, 0.3) is 0 Å². The standard InChI is InChI=1S/C10H15FN2/c1-8-12-6-7-13(8)10-5-3-2-4-9(10)11/h6-7,9-10H,2-5H2,1H3/t9-,10-/m1/s1. The molecule has 0 aromatic carbocycles. The van der Waals surface area contributed by atoms with E-state index in [2.05, 4.69) is 4.98 Å². The second-order valence-electron chi connectivity index (χ2n) is 3.75. The Morgan fingerprint density at radius 1 is 1.46 bits per heavy atom. The fraction of sp³-hybridized carbons (Fsp3) is 0.700. The minimum Gasteiger partial charge on any atom is -0.329 e. The number of halogens is 1. The maximum atomic E-state index is 13.5. The molecule has 0 N–H and O–H groups in total. The monoisotopic (exact) mass is 182 g/mol. The molecule has 1 aromatic heterocycles. The summed E-state index contributed by atoms with van der Waals surface area (Å²) in [6, 6.07) is 0.0382. The zero-order valence-corrected chi connectivity index (χ0v) is 7.91. The summed E-state index contributed by atoms with van der Waals surface area (Å²) in [7, 11) is 0. The van der Waals surface area contributed by atoms with E-state index in [1.54, 1.807) is 6.20 Å². The van der Waals surface area contributed by atoms with Gasteiger partial charge in [0.15, 0.2) is 0 Å². The first-order chi connectivity index (χ1) is 6.29. The van der Waals surface area contributed by atoms with Gasteiger partial charge in [0.2, 0.25) is 0 Å². The van der Waals surface area contributed by atoms with Crippen LogP contribution >= 0.6 is 0 Å². The summed E-state index contributed by atoms with van der Waals surface area (Å²) in [6.07, 6.45) is 6.80.